The number of amides is 1. The van der Waals surface area contributed by atoms with Crippen molar-refractivity contribution in [3.63, 3.8) is 0 Å². The van der Waals surface area contributed by atoms with Crippen molar-refractivity contribution in [2.75, 3.05) is 12.0 Å². The van der Waals surface area contributed by atoms with E-state index >= 15 is 0 Å². The van der Waals surface area contributed by atoms with E-state index in [1.165, 1.54) is 22.1 Å². The predicted molar refractivity (Wildman–Crippen MR) is 122 cm³/mol. The second kappa shape index (κ2) is 8.66. The van der Waals surface area contributed by atoms with E-state index in [1.807, 2.05) is 24.3 Å². The van der Waals surface area contributed by atoms with Crippen LogP contribution in [0.15, 0.2) is 53.3 Å². The number of para-hydroxylation sites is 1. The van der Waals surface area contributed by atoms with E-state index < -0.39 is 0 Å². The number of aryl methyl sites for hydroxylation is 2. The highest BCUT2D eigenvalue weighted by molar-refractivity contribution is 6.07. The molecule has 0 bridgehead atoms. The summed E-state index contributed by atoms with van der Waals surface area (Å²) in [7, 11) is 1.52. The molecule has 164 valence electrons. The van der Waals surface area contributed by atoms with Gasteiger partial charge in [-0.05, 0) is 43.5 Å². The Hall–Kier alpha value is -3.94. The highest BCUT2D eigenvalue weighted by Crippen LogP contribution is 2.23. The average Bonchev–Trinajstić information content (AvgIpc) is 3.24. The SMILES string of the molecule is CCc1ccc(CN(C(=O)c2ccccc2OC)c2nc3nc(C)c(C)c(=O)n3[nH]2)cc1. The van der Waals surface area contributed by atoms with Crippen molar-refractivity contribution in [3.8, 4) is 5.75 Å². The summed E-state index contributed by atoms with van der Waals surface area (Å²) in [5.41, 5.74) is 3.41. The molecule has 32 heavy (non-hydrogen) atoms. The molecule has 0 saturated heterocycles. The monoisotopic (exact) mass is 431 g/mol. The van der Waals surface area contributed by atoms with Crippen LogP contribution < -0.4 is 15.2 Å². The van der Waals surface area contributed by atoms with Crippen molar-refractivity contribution in [2.24, 2.45) is 0 Å². The van der Waals surface area contributed by atoms with E-state index in [1.54, 1.807) is 38.1 Å². The molecule has 0 saturated carbocycles. The molecule has 4 aromatic rings. The molecule has 4 rings (SSSR count). The van der Waals surface area contributed by atoms with E-state index in [9.17, 15) is 9.59 Å². The zero-order valence-electron chi connectivity index (χ0n) is 18.5. The fourth-order valence-corrected chi connectivity index (χ4v) is 3.49. The number of ether oxygens (including phenoxy) is 1. The summed E-state index contributed by atoms with van der Waals surface area (Å²) in [6.45, 7) is 5.83. The van der Waals surface area contributed by atoms with E-state index in [2.05, 4.69) is 22.0 Å². The third-order valence-electron chi connectivity index (χ3n) is 5.56. The molecule has 0 aliphatic heterocycles. The number of hydrogen-bond acceptors (Lipinski definition) is 5. The predicted octanol–water partition coefficient (Wildman–Crippen LogP) is 3.45. The molecular weight excluding hydrogens is 406 g/mol. The number of H-pyrrole nitrogens is 1. The molecule has 1 N–H and O–H groups in total. The second-order valence-electron chi connectivity index (χ2n) is 7.57. The van der Waals surface area contributed by atoms with Gasteiger partial charge in [-0.2, -0.15) is 9.50 Å². The van der Waals surface area contributed by atoms with Crippen LogP contribution in [0.5, 0.6) is 5.75 Å². The molecule has 0 aliphatic carbocycles. The first-order valence-electron chi connectivity index (χ1n) is 10.4. The first kappa shape index (κ1) is 21.3. The molecule has 2 aromatic carbocycles. The summed E-state index contributed by atoms with van der Waals surface area (Å²) in [4.78, 5) is 36.7. The van der Waals surface area contributed by atoms with Gasteiger partial charge in [0.15, 0.2) is 0 Å². The van der Waals surface area contributed by atoms with Gasteiger partial charge < -0.3 is 4.74 Å². The van der Waals surface area contributed by atoms with Gasteiger partial charge in [-0.3, -0.25) is 19.6 Å². The summed E-state index contributed by atoms with van der Waals surface area (Å²) >= 11 is 0. The number of carbonyl (C=O) groups excluding carboxylic acids is 1. The molecule has 2 heterocycles. The third kappa shape index (κ3) is 3.87. The lowest BCUT2D eigenvalue weighted by Gasteiger charge is -2.21. The molecule has 8 heteroatoms. The van der Waals surface area contributed by atoms with Gasteiger partial charge in [0.1, 0.15) is 5.75 Å². The van der Waals surface area contributed by atoms with Gasteiger partial charge >= 0.3 is 0 Å². The third-order valence-corrected chi connectivity index (χ3v) is 5.56. The lowest BCUT2D eigenvalue weighted by Crippen LogP contribution is -2.32. The first-order chi connectivity index (χ1) is 15.4. The summed E-state index contributed by atoms with van der Waals surface area (Å²) in [5.74, 6) is 0.604. The Bertz CT molecular complexity index is 1340. The van der Waals surface area contributed by atoms with Crippen molar-refractivity contribution in [3.05, 3.63) is 86.8 Å². The van der Waals surface area contributed by atoms with Crippen molar-refractivity contribution in [1.82, 2.24) is 19.6 Å². The number of fused-ring (bicyclic) bond motifs is 1. The number of nitrogens with zero attached hydrogens (tertiary/aromatic N) is 4. The van der Waals surface area contributed by atoms with E-state index in [0.717, 1.165) is 12.0 Å². The summed E-state index contributed by atoms with van der Waals surface area (Å²) in [6.07, 6.45) is 0.932. The Labute approximate surface area is 185 Å². The van der Waals surface area contributed by atoms with Crippen LogP contribution in [0.1, 0.15) is 39.7 Å². The quantitative estimate of drug-likeness (QED) is 0.505. The van der Waals surface area contributed by atoms with Crippen LogP contribution in [0.25, 0.3) is 5.78 Å². The van der Waals surface area contributed by atoms with Crippen LogP contribution in [-0.2, 0) is 13.0 Å². The van der Waals surface area contributed by atoms with E-state index in [4.69, 9.17) is 4.74 Å². The number of aromatic nitrogens is 4. The number of benzene rings is 2. The van der Waals surface area contributed by atoms with Gasteiger partial charge in [0, 0.05) is 11.3 Å². The van der Waals surface area contributed by atoms with Crippen LogP contribution >= 0.6 is 0 Å². The molecular formula is C24H25N5O3. The number of anilines is 1. The molecule has 0 unspecified atom stereocenters. The standard InChI is InChI=1S/C24H25N5O3/c1-5-17-10-12-18(13-11-17)14-28(22(31)19-8-6-7-9-20(19)32-4)24-26-23-25-16(3)15(2)21(30)29(23)27-24/h6-13H,5,14H2,1-4H3,(H,25,26,27). The van der Waals surface area contributed by atoms with Gasteiger partial charge in [0.05, 0.1) is 19.2 Å². The zero-order chi connectivity index (χ0) is 22.8. The number of methoxy groups -OCH3 is 1. The summed E-state index contributed by atoms with van der Waals surface area (Å²) in [5, 5.41) is 2.96. The normalized spacial score (nSPS) is 11.0. The number of hydrogen-bond donors (Lipinski definition) is 1. The van der Waals surface area contributed by atoms with Crippen molar-refractivity contribution in [1.29, 1.82) is 0 Å². The number of rotatable bonds is 6. The summed E-state index contributed by atoms with van der Waals surface area (Å²) in [6, 6.07) is 15.1. The van der Waals surface area contributed by atoms with Gasteiger partial charge in [0.2, 0.25) is 5.95 Å². The van der Waals surface area contributed by atoms with Crippen molar-refractivity contribution < 1.29 is 9.53 Å². The topological polar surface area (TPSA) is 92.6 Å². The zero-order valence-corrected chi connectivity index (χ0v) is 18.5. The molecule has 0 atom stereocenters. The van der Waals surface area contributed by atoms with Gasteiger partial charge in [-0.1, -0.05) is 43.3 Å². The van der Waals surface area contributed by atoms with Crippen LogP contribution in [0.2, 0.25) is 0 Å². The lowest BCUT2D eigenvalue weighted by atomic mass is 10.1. The van der Waals surface area contributed by atoms with Gasteiger partial charge in [0.25, 0.3) is 17.2 Å². The van der Waals surface area contributed by atoms with Gasteiger partial charge in [-0.25, -0.2) is 4.98 Å². The number of nitrogens with one attached hydrogen (secondary N) is 1. The van der Waals surface area contributed by atoms with Gasteiger partial charge in [-0.15, -0.1) is 0 Å². The highest BCUT2D eigenvalue weighted by Gasteiger charge is 2.25. The minimum Gasteiger partial charge on any atom is -0.496 e. The van der Waals surface area contributed by atoms with E-state index in [0.29, 0.717) is 22.6 Å². The van der Waals surface area contributed by atoms with Crippen molar-refractivity contribution in [2.45, 2.75) is 33.7 Å². The maximum absolute atomic E-state index is 13.6. The Balaban J connectivity index is 1.83. The fraction of sp³-hybridized carbons (Fsp3) is 0.250. The summed E-state index contributed by atoms with van der Waals surface area (Å²) < 4.78 is 6.66. The Morgan fingerprint density at radius 1 is 1.06 bits per heavy atom. The molecule has 0 spiro atoms. The van der Waals surface area contributed by atoms with Crippen LogP contribution in [0.3, 0.4) is 0 Å². The Kier molecular flexibility index (Phi) is 5.77. The van der Waals surface area contributed by atoms with E-state index in [-0.39, 0.29) is 29.7 Å². The lowest BCUT2D eigenvalue weighted by molar-refractivity contribution is 0.0980. The maximum atomic E-state index is 13.6. The van der Waals surface area contributed by atoms with Crippen LogP contribution in [0.4, 0.5) is 5.95 Å². The Morgan fingerprint density at radius 2 is 1.75 bits per heavy atom. The molecule has 0 aliphatic rings. The minimum atomic E-state index is -0.303. The fourth-order valence-electron chi connectivity index (χ4n) is 3.49. The van der Waals surface area contributed by atoms with Crippen LogP contribution in [0, 0.1) is 13.8 Å². The second-order valence-corrected chi connectivity index (χ2v) is 7.57. The average molecular weight is 431 g/mol. The molecule has 8 nitrogen and oxygen atoms in total. The first-order valence-corrected chi connectivity index (χ1v) is 10.4. The Morgan fingerprint density at radius 3 is 2.44 bits per heavy atom. The minimum absolute atomic E-state index is 0.215. The highest BCUT2D eigenvalue weighted by atomic mass is 16.5. The number of aromatic amines is 1. The van der Waals surface area contributed by atoms with Crippen LogP contribution in [-0.4, -0.2) is 32.6 Å². The van der Waals surface area contributed by atoms with Crippen molar-refractivity contribution >= 4 is 17.6 Å². The maximum Gasteiger partial charge on any atom is 0.277 e. The molecule has 2 aromatic heterocycles. The smallest absolute Gasteiger partial charge is 0.277 e. The molecule has 0 fully saturated rings. The number of carbonyl (C=O) groups is 1. The molecule has 0 radical (unpaired) electrons. The largest absolute Gasteiger partial charge is 0.496 e. The molecule has 1 amide bonds.